The predicted octanol–water partition coefficient (Wildman–Crippen LogP) is 5.29. The van der Waals surface area contributed by atoms with Crippen molar-refractivity contribution in [3.8, 4) is 0 Å². The van der Waals surface area contributed by atoms with Crippen molar-refractivity contribution < 1.29 is 0 Å². The van der Waals surface area contributed by atoms with Crippen LogP contribution in [0.2, 0.25) is 5.15 Å². The Morgan fingerprint density at radius 2 is 0.969 bits per heavy atom. The van der Waals surface area contributed by atoms with Gasteiger partial charge in [0.1, 0.15) is 11.0 Å². The molecular formula is C26H42ClN5. The second-order valence-corrected chi connectivity index (χ2v) is 10.7. The number of halogens is 1. The molecule has 0 amide bonds. The van der Waals surface area contributed by atoms with Crippen LogP contribution < -0.4 is 4.90 Å². The van der Waals surface area contributed by atoms with E-state index in [1.54, 1.807) is 0 Å². The Kier molecular flexibility index (Phi) is 7.57. The Morgan fingerprint density at radius 1 is 0.562 bits per heavy atom. The molecule has 0 aliphatic carbocycles. The Bertz CT molecular complexity index is 686. The largest absolute Gasteiger partial charge is 0.357 e. The number of hydrogen-bond donors (Lipinski definition) is 0. The van der Waals surface area contributed by atoms with Crippen molar-refractivity contribution in [2.75, 3.05) is 57.3 Å². The van der Waals surface area contributed by atoms with E-state index in [4.69, 9.17) is 16.6 Å². The first-order chi connectivity index (χ1) is 15.8. The van der Waals surface area contributed by atoms with E-state index in [1.165, 1.54) is 82.6 Å². The zero-order valence-corrected chi connectivity index (χ0v) is 20.7. The molecule has 1 aromatic heterocycles. The van der Waals surface area contributed by atoms with Gasteiger partial charge in [0, 0.05) is 57.9 Å². The van der Waals surface area contributed by atoms with Crippen molar-refractivity contribution >= 4 is 17.4 Å². The molecule has 5 nitrogen and oxygen atoms in total. The Balaban J connectivity index is 1.58. The third-order valence-electron chi connectivity index (χ3n) is 8.27. The lowest BCUT2D eigenvalue weighted by Crippen LogP contribution is -2.69. The van der Waals surface area contributed by atoms with Crippen LogP contribution in [0, 0.1) is 0 Å². The number of likely N-dealkylation sites (tertiary alicyclic amines) is 3. The summed E-state index contributed by atoms with van der Waals surface area (Å²) in [5.41, 5.74) is 1.24. The second-order valence-electron chi connectivity index (χ2n) is 10.3. The number of nitrogens with zero attached hydrogens (tertiary/aromatic N) is 5. The molecule has 0 atom stereocenters. The number of piperidine rings is 4. The van der Waals surface area contributed by atoms with Gasteiger partial charge in [-0.05, 0) is 69.9 Å². The van der Waals surface area contributed by atoms with Gasteiger partial charge < -0.3 is 4.90 Å². The molecule has 178 valence electrons. The van der Waals surface area contributed by atoms with Gasteiger partial charge in [0.05, 0.1) is 0 Å². The molecule has 0 saturated carbocycles. The maximum absolute atomic E-state index is 7.17. The van der Waals surface area contributed by atoms with Crippen LogP contribution in [0.4, 0.5) is 5.82 Å². The highest BCUT2D eigenvalue weighted by atomic mass is 35.5. The molecule has 4 aliphatic heterocycles. The summed E-state index contributed by atoms with van der Waals surface area (Å²) in [6.45, 7) is 9.20. The normalized spacial score (nSPS) is 25.2. The summed E-state index contributed by atoms with van der Waals surface area (Å²) in [6, 6.07) is 4.64. The SMILES string of the molecule is Clc1nc(N2CCCCC2)ccc1C(N1CCCCC1)(N1CCCCC1)N1CCCCC1. The van der Waals surface area contributed by atoms with Crippen molar-refractivity contribution in [3.05, 3.63) is 22.8 Å². The third-order valence-corrected chi connectivity index (χ3v) is 8.55. The van der Waals surface area contributed by atoms with E-state index in [9.17, 15) is 0 Å². The van der Waals surface area contributed by atoms with E-state index >= 15 is 0 Å². The van der Waals surface area contributed by atoms with E-state index in [-0.39, 0.29) is 5.79 Å². The average Bonchev–Trinajstić information content (AvgIpc) is 2.88. The quantitative estimate of drug-likeness (QED) is 0.557. The van der Waals surface area contributed by atoms with Gasteiger partial charge in [-0.25, -0.2) is 4.98 Å². The number of aromatic nitrogens is 1. The number of anilines is 1. The topological polar surface area (TPSA) is 25.9 Å². The standard InChI is InChI=1S/C26H42ClN5/c27-25-23(13-14-24(28-25)29-15-5-1-6-16-29)26(30-17-7-2-8-18-30,31-19-9-3-10-20-31)32-21-11-4-12-22-32/h13-14H,1-12,15-22H2. The first-order valence-electron chi connectivity index (χ1n) is 13.5. The summed E-state index contributed by atoms with van der Waals surface area (Å²) in [7, 11) is 0. The van der Waals surface area contributed by atoms with E-state index in [0.29, 0.717) is 0 Å². The molecule has 4 fully saturated rings. The smallest absolute Gasteiger partial charge is 0.161 e. The fourth-order valence-electron chi connectivity index (χ4n) is 6.70. The highest BCUT2D eigenvalue weighted by Gasteiger charge is 2.50. The fraction of sp³-hybridized carbons (Fsp3) is 0.808. The molecule has 4 saturated heterocycles. The molecule has 4 aliphatic rings. The van der Waals surface area contributed by atoms with Gasteiger partial charge >= 0.3 is 0 Å². The lowest BCUT2D eigenvalue weighted by molar-refractivity contribution is -0.195. The van der Waals surface area contributed by atoms with Crippen LogP contribution in [-0.4, -0.2) is 72.0 Å². The van der Waals surface area contributed by atoms with Gasteiger partial charge in [-0.2, -0.15) is 0 Å². The van der Waals surface area contributed by atoms with Gasteiger partial charge in [-0.1, -0.05) is 30.9 Å². The van der Waals surface area contributed by atoms with Gasteiger partial charge in [0.15, 0.2) is 5.79 Å². The minimum atomic E-state index is -0.230. The summed E-state index contributed by atoms with van der Waals surface area (Å²) in [5.74, 6) is 0.842. The van der Waals surface area contributed by atoms with Crippen molar-refractivity contribution in [2.24, 2.45) is 0 Å². The molecular weight excluding hydrogens is 418 g/mol. The van der Waals surface area contributed by atoms with Crippen LogP contribution in [-0.2, 0) is 5.79 Å². The molecule has 0 N–H and O–H groups in total. The van der Waals surface area contributed by atoms with E-state index in [1.807, 2.05) is 0 Å². The first-order valence-corrected chi connectivity index (χ1v) is 13.8. The summed E-state index contributed by atoms with van der Waals surface area (Å²) in [6.07, 6.45) is 15.7. The van der Waals surface area contributed by atoms with E-state index in [2.05, 4.69) is 31.7 Å². The Morgan fingerprint density at radius 3 is 1.38 bits per heavy atom. The third kappa shape index (κ3) is 4.43. The van der Waals surface area contributed by atoms with Gasteiger partial charge in [0.25, 0.3) is 0 Å². The summed E-state index contributed by atoms with van der Waals surface area (Å²) < 4.78 is 0. The molecule has 0 radical (unpaired) electrons. The molecule has 0 unspecified atom stereocenters. The van der Waals surface area contributed by atoms with Crippen molar-refractivity contribution in [1.29, 1.82) is 0 Å². The molecule has 5 rings (SSSR count). The second kappa shape index (κ2) is 10.6. The molecule has 5 heterocycles. The molecule has 0 bridgehead atoms. The van der Waals surface area contributed by atoms with Crippen LogP contribution in [0.15, 0.2) is 12.1 Å². The molecule has 32 heavy (non-hydrogen) atoms. The minimum Gasteiger partial charge on any atom is -0.357 e. The van der Waals surface area contributed by atoms with E-state index in [0.717, 1.165) is 63.3 Å². The van der Waals surface area contributed by atoms with Crippen LogP contribution >= 0.6 is 11.6 Å². The number of hydrogen-bond acceptors (Lipinski definition) is 5. The zero-order chi connectivity index (χ0) is 21.8. The van der Waals surface area contributed by atoms with Gasteiger partial charge in [0.2, 0.25) is 0 Å². The van der Waals surface area contributed by atoms with Crippen LogP contribution in [0.1, 0.15) is 82.6 Å². The molecule has 6 heteroatoms. The van der Waals surface area contributed by atoms with Crippen LogP contribution in [0.25, 0.3) is 0 Å². The summed E-state index contributed by atoms with van der Waals surface area (Å²) >= 11 is 7.17. The van der Waals surface area contributed by atoms with Crippen molar-refractivity contribution in [1.82, 2.24) is 19.7 Å². The molecule has 0 aromatic carbocycles. The maximum Gasteiger partial charge on any atom is 0.161 e. The van der Waals surface area contributed by atoms with E-state index < -0.39 is 0 Å². The predicted molar refractivity (Wildman–Crippen MR) is 133 cm³/mol. The highest BCUT2D eigenvalue weighted by Crippen LogP contribution is 2.44. The fourth-order valence-corrected chi connectivity index (χ4v) is 6.98. The molecule has 1 aromatic rings. The Labute approximate surface area is 200 Å². The monoisotopic (exact) mass is 459 g/mol. The lowest BCUT2D eigenvalue weighted by Gasteiger charge is -2.59. The summed E-state index contributed by atoms with van der Waals surface area (Å²) in [4.78, 5) is 15.9. The zero-order valence-electron chi connectivity index (χ0n) is 19.9. The van der Waals surface area contributed by atoms with Crippen LogP contribution in [0.5, 0.6) is 0 Å². The minimum absolute atomic E-state index is 0.230. The van der Waals surface area contributed by atoms with Crippen molar-refractivity contribution in [3.63, 3.8) is 0 Å². The highest BCUT2D eigenvalue weighted by molar-refractivity contribution is 6.30. The maximum atomic E-state index is 7.17. The Hall–Kier alpha value is -0.880. The van der Waals surface area contributed by atoms with Crippen molar-refractivity contribution in [2.45, 2.75) is 82.8 Å². The van der Waals surface area contributed by atoms with Gasteiger partial charge in [-0.3, -0.25) is 14.7 Å². The molecule has 0 spiro atoms. The number of pyridine rings is 1. The number of rotatable bonds is 5. The lowest BCUT2D eigenvalue weighted by atomic mass is 9.95. The van der Waals surface area contributed by atoms with Crippen LogP contribution in [0.3, 0.4) is 0 Å². The van der Waals surface area contributed by atoms with Gasteiger partial charge in [-0.15, -0.1) is 0 Å². The summed E-state index contributed by atoms with van der Waals surface area (Å²) in [5, 5.41) is 0.731. The average molecular weight is 460 g/mol. The first kappa shape index (κ1) is 22.9.